The second kappa shape index (κ2) is 8.22. The standard InChI is InChI=1S/C14H17N3O2.ClH/c1-19-13-5-2-4-12(10-13)14(18)16-6-3-8-17-9-7-15-11-17;/h2,4-5,7,9-11H,3,6,8H2,1H3,(H,16,18);1H. The van der Waals surface area contributed by atoms with E-state index in [4.69, 9.17) is 4.74 Å². The van der Waals surface area contributed by atoms with E-state index in [0.717, 1.165) is 13.0 Å². The van der Waals surface area contributed by atoms with Crippen molar-refractivity contribution in [1.29, 1.82) is 0 Å². The Morgan fingerprint density at radius 2 is 2.30 bits per heavy atom. The Morgan fingerprint density at radius 3 is 3.00 bits per heavy atom. The third-order valence-electron chi connectivity index (χ3n) is 2.77. The number of hydrogen-bond donors (Lipinski definition) is 1. The van der Waals surface area contributed by atoms with E-state index in [1.807, 2.05) is 16.8 Å². The van der Waals surface area contributed by atoms with Crippen LogP contribution in [0.15, 0.2) is 43.0 Å². The first kappa shape index (κ1) is 16.0. The van der Waals surface area contributed by atoms with Gasteiger partial charge in [0.2, 0.25) is 0 Å². The average molecular weight is 296 g/mol. The van der Waals surface area contributed by atoms with Crippen LogP contribution in [0.5, 0.6) is 5.75 Å². The molecule has 2 aromatic rings. The number of nitrogens with zero attached hydrogens (tertiary/aromatic N) is 2. The van der Waals surface area contributed by atoms with E-state index in [1.165, 1.54) is 0 Å². The lowest BCUT2D eigenvalue weighted by Crippen LogP contribution is -2.25. The van der Waals surface area contributed by atoms with Gasteiger partial charge in [0, 0.05) is 31.0 Å². The lowest BCUT2D eigenvalue weighted by Gasteiger charge is -2.07. The Hall–Kier alpha value is -2.01. The zero-order valence-electron chi connectivity index (χ0n) is 11.3. The van der Waals surface area contributed by atoms with E-state index < -0.39 is 0 Å². The number of ether oxygens (including phenoxy) is 1. The number of amides is 1. The van der Waals surface area contributed by atoms with Crippen molar-refractivity contribution in [3.8, 4) is 5.75 Å². The summed E-state index contributed by atoms with van der Waals surface area (Å²) in [4.78, 5) is 15.9. The molecule has 1 aromatic heterocycles. The molecule has 0 aliphatic carbocycles. The number of halogens is 1. The SMILES string of the molecule is COc1cccc(C(=O)NCCCn2ccnc2)c1.Cl. The minimum atomic E-state index is -0.0791. The number of carbonyl (C=O) groups excluding carboxylic acids is 1. The Balaban J connectivity index is 0.00000200. The molecule has 1 amide bonds. The van der Waals surface area contributed by atoms with E-state index in [9.17, 15) is 4.79 Å². The Morgan fingerprint density at radius 1 is 1.45 bits per heavy atom. The summed E-state index contributed by atoms with van der Waals surface area (Å²) in [6.07, 6.45) is 6.29. The molecule has 2 rings (SSSR count). The predicted octanol–water partition coefficient (Wildman–Crippen LogP) is 2.13. The van der Waals surface area contributed by atoms with Gasteiger partial charge in [0.05, 0.1) is 13.4 Å². The number of aryl methyl sites for hydroxylation is 1. The van der Waals surface area contributed by atoms with Gasteiger partial charge in [-0.05, 0) is 24.6 Å². The summed E-state index contributed by atoms with van der Waals surface area (Å²) in [5.74, 6) is 0.607. The number of methoxy groups -OCH3 is 1. The topological polar surface area (TPSA) is 56.1 Å². The second-order valence-corrected chi connectivity index (χ2v) is 4.14. The molecule has 0 spiro atoms. The van der Waals surface area contributed by atoms with Crippen LogP contribution >= 0.6 is 12.4 Å². The fourth-order valence-electron chi connectivity index (χ4n) is 1.75. The third kappa shape index (κ3) is 4.59. The van der Waals surface area contributed by atoms with Crippen molar-refractivity contribution in [2.75, 3.05) is 13.7 Å². The highest BCUT2D eigenvalue weighted by Crippen LogP contribution is 2.12. The Labute approximate surface area is 124 Å². The van der Waals surface area contributed by atoms with Crippen molar-refractivity contribution >= 4 is 18.3 Å². The molecule has 0 fully saturated rings. The van der Waals surface area contributed by atoms with Crippen molar-refractivity contribution < 1.29 is 9.53 Å². The van der Waals surface area contributed by atoms with E-state index >= 15 is 0 Å². The summed E-state index contributed by atoms with van der Waals surface area (Å²) in [5, 5.41) is 2.88. The van der Waals surface area contributed by atoms with Crippen LogP contribution < -0.4 is 10.1 Å². The smallest absolute Gasteiger partial charge is 0.251 e. The first-order valence-corrected chi connectivity index (χ1v) is 6.17. The molecule has 0 unspecified atom stereocenters. The van der Waals surface area contributed by atoms with Gasteiger partial charge in [-0.1, -0.05) is 6.07 Å². The zero-order chi connectivity index (χ0) is 13.5. The molecule has 1 N–H and O–H groups in total. The fraction of sp³-hybridized carbons (Fsp3) is 0.286. The van der Waals surface area contributed by atoms with E-state index in [1.54, 1.807) is 37.8 Å². The number of imidazole rings is 1. The van der Waals surface area contributed by atoms with Gasteiger partial charge in [-0.15, -0.1) is 12.4 Å². The quantitative estimate of drug-likeness (QED) is 0.831. The summed E-state index contributed by atoms with van der Waals surface area (Å²) in [6.45, 7) is 1.48. The molecule has 0 atom stereocenters. The first-order chi connectivity index (χ1) is 9.29. The largest absolute Gasteiger partial charge is 0.497 e. The van der Waals surface area contributed by atoms with E-state index in [0.29, 0.717) is 17.9 Å². The van der Waals surface area contributed by atoms with Crippen LogP contribution in [0.1, 0.15) is 16.8 Å². The Bertz CT molecular complexity index is 529. The van der Waals surface area contributed by atoms with Gasteiger partial charge in [-0.25, -0.2) is 4.98 Å². The highest BCUT2D eigenvalue weighted by atomic mass is 35.5. The van der Waals surface area contributed by atoms with Gasteiger partial charge in [-0.2, -0.15) is 0 Å². The number of rotatable bonds is 6. The van der Waals surface area contributed by atoms with Crippen LogP contribution in [0.2, 0.25) is 0 Å². The number of aromatic nitrogens is 2. The molecular formula is C14H18ClN3O2. The summed E-state index contributed by atoms with van der Waals surface area (Å²) in [5.41, 5.74) is 0.613. The molecule has 1 aromatic carbocycles. The molecule has 0 aliphatic rings. The maximum atomic E-state index is 11.9. The van der Waals surface area contributed by atoms with Gasteiger partial charge >= 0.3 is 0 Å². The molecule has 0 saturated heterocycles. The predicted molar refractivity (Wildman–Crippen MR) is 79.4 cm³/mol. The van der Waals surface area contributed by atoms with E-state index in [-0.39, 0.29) is 18.3 Å². The van der Waals surface area contributed by atoms with Crippen molar-refractivity contribution in [3.05, 3.63) is 48.5 Å². The second-order valence-electron chi connectivity index (χ2n) is 4.14. The minimum absolute atomic E-state index is 0. The van der Waals surface area contributed by atoms with Crippen molar-refractivity contribution in [1.82, 2.24) is 14.9 Å². The molecule has 108 valence electrons. The zero-order valence-corrected chi connectivity index (χ0v) is 12.1. The molecule has 0 saturated carbocycles. The molecule has 20 heavy (non-hydrogen) atoms. The number of nitrogens with one attached hydrogen (secondary N) is 1. The van der Waals surface area contributed by atoms with Crippen LogP contribution in [0, 0.1) is 0 Å². The monoisotopic (exact) mass is 295 g/mol. The third-order valence-corrected chi connectivity index (χ3v) is 2.77. The Kier molecular flexibility index (Phi) is 6.59. The van der Waals surface area contributed by atoms with Gasteiger partial charge in [-0.3, -0.25) is 4.79 Å². The van der Waals surface area contributed by atoms with Gasteiger partial charge in [0.15, 0.2) is 0 Å². The van der Waals surface area contributed by atoms with Crippen molar-refractivity contribution in [2.45, 2.75) is 13.0 Å². The van der Waals surface area contributed by atoms with Crippen molar-refractivity contribution in [3.63, 3.8) is 0 Å². The van der Waals surface area contributed by atoms with Gasteiger partial charge < -0.3 is 14.6 Å². The maximum Gasteiger partial charge on any atom is 0.251 e. The summed E-state index contributed by atoms with van der Waals surface area (Å²) < 4.78 is 7.07. The maximum absolute atomic E-state index is 11.9. The van der Waals surface area contributed by atoms with Gasteiger partial charge in [0.25, 0.3) is 5.91 Å². The number of benzene rings is 1. The molecule has 6 heteroatoms. The number of hydrogen-bond acceptors (Lipinski definition) is 3. The van der Waals surface area contributed by atoms with Crippen LogP contribution in [0.4, 0.5) is 0 Å². The minimum Gasteiger partial charge on any atom is -0.497 e. The highest BCUT2D eigenvalue weighted by Gasteiger charge is 2.05. The highest BCUT2D eigenvalue weighted by molar-refractivity contribution is 5.94. The summed E-state index contributed by atoms with van der Waals surface area (Å²) in [7, 11) is 1.59. The normalized spacial score (nSPS) is 9.65. The van der Waals surface area contributed by atoms with E-state index in [2.05, 4.69) is 10.3 Å². The van der Waals surface area contributed by atoms with Crippen LogP contribution in [-0.2, 0) is 6.54 Å². The fourth-order valence-corrected chi connectivity index (χ4v) is 1.75. The first-order valence-electron chi connectivity index (χ1n) is 6.17. The summed E-state index contributed by atoms with van der Waals surface area (Å²) >= 11 is 0. The lowest BCUT2D eigenvalue weighted by atomic mass is 10.2. The number of carbonyl (C=O) groups is 1. The molecule has 0 bridgehead atoms. The molecule has 0 radical (unpaired) electrons. The van der Waals surface area contributed by atoms with Crippen LogP contribution in [-0.4, -0.2) is 29.1 Å². The van der Waals surface area contributed by atoms with Crippen LogP contribution in [0.25, 0.3) is 0 Å². The molecule has 5 nitrogen and oxygen atoms in total. The van der Waals surface area contributed by atoms with Crippen molar-refractivity contribution in [2.24, 2.45) is 0 Å². The van der Waals surface area contributed by atoms with Crippen LogP contribution in [0.3, 0.4) is 0 Å². The average Bonchev–Trinajstić information content (AvgIpc) is 2.96. The lowest BCUT2D eigenvalue weighted by molar-refractivity contribution is 0.0952. The molecular weight excluding hydrogens is 278 g/mol. The van der Waals surface area contributed by atoms with Gasteiger partial charge in [0.1, 0.15) is 5.75 Å². The summed E-state index contributed by atoms with van der Waals surface area (Å²) in [6, 6.07) is 7.12. The molecule has 0 aliphatic heterocycles. The molecule has 1 heterocycles.